The van der Waals surface area contributed by atoms with E-state index >= 15 is 0 Å². The number of nitrogens with one attached hydrogen (secondary N) is 2. The Labute approximate surface area is 171 Å². The molecule has 154 valence electrons. The number of ether oxygens (including phenoxy) is 2. The molecule has 8 nitrogen and oxygen atoms in total. The molecule has 1 aromatic rings. The number of anilines is 1. The van der Waals surface area contributed by atoms with E-state index in [1.807, 2.05) is 18.2 Å². The minimum absolute atomic E-state index is 0. The van der Waals surface area contributed by atoms with Crippen LogP contribution in [-0.4, -0.2) is 58.8 Å². The lowest BCUT2D eigenvalue weighted by molar-refractivity contribution is -0.125. The first-order valence-corrected chi connectivity index (χ1v) is 8.27. The predicted octanol–water partition coefficient (Wildman–Crippen LogP) is 0.565. The number of benzene rings is 1. The van der Waals surface area contributed by atoms with Gasteiger partial charge in [-0.05, 0) is 12.3 Å². The second-order valence-electron chi connectivity index (χ2n) is 5.96. The summed E-state index contributed by atoms with van der Waals surface area (Å²) in [5.41, 5.74) is 6.22. The van der Waals surface area contributed by atoms with Gasteiger partial charge in [0, 0.05) is 43.5 Å². The molecule has 0 aliphatic carbocycles. The Kier molecular flexibility index (Phi) is 11.6. The van der Waals surface area contributed by atoms with Crippen molar-refractivity contribution in [2.24, 2.45) is 11.7 Å². The summed E-state index contributed by atoms with van der Waals surface area (Å²) in [4.78, 5) is 25.0. The number of halogens is 2. The van der Waals surface area contributed by atoms with Crippen LogP contribution in [0.4, 0.5) is 5.69 Å². The van der Waals surface area contributed by atoms with E-state index in [2.05, 4.69) is 15.5 Å². The fraction of sp³-hybridized carbons (Fsp3) is 0.529. The molecule has 0 saturated carbocycles. The Balaban J connectivity index is 0.00000338. The Morgan fingerprint density at radius 1 is 1.11 bits per heavy atom. The molecule has 1 saturated heterocycles. The van der Waals surface area contributed by atoms with Gasteiger partial charge in [0.05, 0.1) is 27.3 Å². The standard InChI is InChI=1S/C17H26N4O4.2ClH/c1-24-14-5-13(6-15(7-14)25-2)21-4-3-12(11-21)9-19-17(23)10-20-16(22)8-18;;/h5-7,12H,3-4,8-11,18H2,1-2H3,(H,19,23)(H,20,22);2*1H. The minimum Gasteiger partial charge on any atom is -0.497 e. The van der Waals surface area contributed by atoms with Crippen molar-refractivity contribution in [3.63, 3.8) is 0 Å². The first-order chi connectivity index (χ1) is 12.0. The van der Waals surface area contributed by atoms with Crippen LogP contribution in [0.5, 0.6) is 11.5 Å². The number of hydrogen-bond donors (Lipinski definition) is 3. The van der Waals surface area contributed by atoms with E-state index in [9.17, 15) is 9.59 Å². The lowest BCUT2D eigenvalue weighted by Gasteiger charge is -2.20. The molecule has 0 bridgehead atoms. The number of methoxy groups -OCH3 is 2. The fourth-order valence-corrected chi connectivity index (χ4v) is 2.78. The molecule has 1 aliphatic heterocycles. The molecule has 0 aromatic heterocycles. The van der Waals surface area contributed by atoms with Crippen molar-refractivity contribution in [2.45, 2.75) is 6.42 Å². The first kappa shape index (κ1) is 25.1. The molecule has 1 aromatic carbocycles. The van der Waals surface area contributed by atoms with Crippen LogP contribution in [0.1, 0.15) is 6.42 Å². The molecule has 0 radical (unpaired) electrons. The average Bonchev–Trinajstić information content (AvgIpc) is 3.12. The quantitative estimate of drug-likeness (QED) is 0.565. The highest BCUT2D eigenvalue weighted by Crippen LogP contribution is 2.31. The Hall–Kier alpha value is -1.90. The van der Waals surface area contributed by atoms with Crippen molar-refractivity contribution >= 4 is 42.3 Å². The van der Waals surface area contributed by atoms with Crippen LogP contribution < -0.4 is 30.7 Å². The lowest BCUT2D eigenvalue weighted by atomic mass is 10.1. The van der Waals surface area contributed by atoms with Crippen molar-refractivity contribution < 1.29 is 19.1 Å². The second kappa shape index (κ2) is 12.5. The number of nitrogens with two attached hydrogens (primary N) is 1. The zero-order valence-electron chi connectivity index (χ0n) is 15.5. The van der Waals surface area contributed by atoms with Gasteiger partial charge >= 0.3 is 0 Å². The highest BCUT2D eigenvalue weighted by atomic mass is 35.5. The molecule has 10 heteroatoms. The molecule has 27 heavy (non-hydrogen) atoms. The van der Waals surface area contributed by atoms with Crippen molar-refractivity contribution in [3.05, 3.63) is 18.2 Å². The molecular weight excluding hydrogens is 395 g/mol. The Bertz CT molecular complexity index is 596. The predicted molar refractivity (Wildman–Crippen MR) is 109 cm³/mol. The summed E-state index contributed by atoms with van der Waals surface area (Å²) in [6, 6.07) is 5.80. The van der Waals surface area contributed by atoms with Gasteiger partial charge in [-0.25, -0.2) is 0 Å². The third-order valence-electron chi connectivity index (χ3n) is 4.21. The number of hydrogen-bond acceptors (Lipinski definition) is 6. The van der Waals surface area contributed by atoms with Gasteiger partial charge in [0.2, 0.25) is 11.8 Å². The van der Waals surface area contributed by atoms with Gasteiger partial charge in [-0.2, -0.15) is 0 Å². The maximum Gasteiger partial charge on any atom is 0.239 e. The maximum absolute atomic E-state index is 11.7. The monoisotopic (exact) mass is 422 g/mol. The van der Waals surface area contributed by atoms with Gasteiger partial charge in [-0.1, -0.05) is 0 Å². The van der Waals surface area contributed by atoms with Crippen LogP contribution >= 0.6 is 24.8 Å². The van der Waals surface area contributed by atoms with Crippen LogP contribution in [0.2, 0.25) is 0 Å². The zero-order valence-corrected chi connectivity index (χ0v) is 17.2. The van der Waals surface area contributed by atoms with Gasteiger partial charge < -0.3 is 30.7 Å². The first-order valence-electron chi connectivity index (χ1n) is 8.27. The zero-order chi connectivity index (χ0) is 18.2. The summed E-state index contributed by atoms with van der Waals surface area (Å²) in [5, 5.41) is 5.30. The average molecular weight is 423 g/mol. The van der Waals surface area contributed by atoms with E-state index in [-0.39, 0.29) is 49.7 Å². The summed E-state index contributed by atoms with van der Waals surface area (Å²) in [6.45, 7) is 2.16. The molecule has 4 N–H and O–H groups in total. The molecule has 1 unspecified atom stereocenters. The molecular formula is C17H28Cl2N4O4. The SMILES string of the molecule is COc1cc(OC)cc(N2CCC(CNC(=O)CNC(=O)CN)C2)c1.Cl.Cl. The third kappa shape index (κ3) is 7.70. The van der Waals surface area contributed by atoms with E-state index in [1.165, 1.54) is 0 Å². The van der Waals surface area contributed by atoms with E-state index in [1.54, 1.807) is 14.2 Å². The van der Waals surface area contributed by atoms with E-state index in [4.69, 9.17) is 15.2 Å². The number of rotatable bonds is 8. The summed E-state index contributed by atoms with van der Waals surface area (Å²) in [7, 11) is 3.26. The van der Waals surface area contributed by atoms with E-state index < -0.39 is 0 Å². The normalized spacial score (nSPS) is 15.2. The maximum atomic E-state index is 11.7. The highest BCUT2D eigenvalue weighted by molar-refractivity contribution is 5.86. The topological polar surface area (TPSA) is 106 Å². The van der Waals surface area contributed by atoms with Crippen LogP contribution in [0, 0.1) is 5.92 Å². The van der Waals surface area contributed by atoms with E-state index in [0.717, 1.165) is 36.7 Å². The van der Waals surface area contributed by atoms with Gasteiger partial charge in [-0.3, -0.25) is 9.59 Å². The van der Waals surface area contributed by atoms with Gasteiger partial charge in [0.1, 0.15) is 11.5 Å². The van der Waals surface area contributed by atoms with Gasteiger partial charge in [-0.15, -0.1) is 24.8 Å². The fourth-order valence-electron chi connectivity index (χ4n) is 2.78. The van der Waals surface area contributed by atoms with Gasteiger partial charge in [0.25, 0.3) is 0 Å². The summed E-state index contributed by atoms with van der Waals surface area (Å²) in [6.07, 6.45) is 0.981. The summed E-state index contributed by atoms with van der Waals surface area (Å²) in [5.74, 6) is 1.31. The summed E-state index contributed by atoms with van der Waals surface area (Å²) < 4.78 is 10.6. The van der Waals surface area contributed by atoms with Crippen LogP contribution in [0.3, 0.4) is 0 Å². The highest BCUT2D eigenvalue weighted by Gasteiger charge is 2.24. The van der Waals surface area contributed by atoms with Crippen LogP contribution in [0.25, 0.3) is 0 Å². The van der Waals surface area contributed by atoms with Crippen molar-refractivity contribution in [1.29, 1.82) is 0 Å². The van der Waals surface area contributed by atoms with Crippen molar-refractivity contribution in [2.75, 3.05) is 51.8 Å². The van der Waals surface area contributed by atoms with Crippen LogP contribution in [-0.2, 0) is 9.59 Å². The number of carbonyl (C=O) groups excluding carboxylic acids is 2. The van der Waals surface area contributed by atoms with E-state index in [0.29, 0.717) is 12.5 Å². The Morgan fingerprint density at radius 3 is 2.30 bits per heavy atom. The largest absolute Gasteiger partial charge is 0.497 e. The second-order valence-corrected chi connectivity index (χ2v) is 5.96. The molecule has 1 atom stereocenters. The number of carbonyl (C=O) groups is 2. The molecule has 2 rings (SSSR count). The number of amides is 2. The lowest BCUT2D eigenvalue weighted by Crippen LogP contribution is -2.41. The molecule has 1 fully saturated rings. The van der Waals surface area contributed by atoms with Crippen LogP contribution in [0.15, 0.2) is 18.2 Å². The Morgan fingerprint density at radius 2 is 1.74 bits per heavy atom. The summed E-state index contributed by atoms with van der Waals surface area (Å²) >= 11 is 0. The third-order valence-corrected chi connectivity index (χ3v) is 4.21. The number of nitrogens with zero attached hydrogens (tertiary/aromatic N) is 1. The molecule has 0 spiro atoms. The van der Waals surface area contributed by atoms with Crippen molar-refractivity contribution in [3.8, 4) is 11.5 Å². The smallest absolute Gasteiger partial charge is 0.239 e. The van der Waals surface area contributed by atoms with Crippen molar-refractivity contribution in [1.82, 2.24) is 10.6 Å². The molecule has 1 heterocycles. The molecule has 2 amide bonds. The molecule has 1 aliphatic rings. The minimum atomic E-state index is -0.339. The van der Waals surface area contributed by atoms with Gasteiger partial charge in [0.15, 0.2) is 0 Å².